The van der Waals surface area contributed by atoms with Crippen LogP contribution < -0.4 is 0 Å². The maximum absolute atomic E-state index is 12.2. The van der Waals surface area contributed by atoms with E-state index in [1.165, 1.54) is 0 Å². The summed E-state index contributed by atoms with van der Waals surface area (Å²) >= 11 is 1.64. The minimum Gasteiger partial charge on any atom is -0.339 e. The SMILES string of the molecule is Cc1nc2ccc(C(=O)N3CCCC3)cc2s1. The summed E-state index contributed by atoms with van der Waals surface area (Å²) in [5.74, 6) is 0.162. The Morgan fingerprint density at radius 2 is 2.12 bits per heavy atom. The first-order valence-corrected chi connectivity index (χ1v) is 6.72. The summed E-state index contributed by atoms with van der Waals surface area (Å²) in [4.78, 5) is 18.6. The molecule has 0 saturated carbocycles. The average molecular weight is 246 g/mol. The number of benzene rings is 1. The zero-order chi connectivity index (χ0) is 11.8. The van der Waals surface area contributed by atoms with Gasteiger partial charge in [-0.25, -0.2) is 4.98 Å². The Morgan fingerprint density at radius 1 is 1.35 bits per heavy atom. The number of likely N-dealkylation sites (tertiary alicyclic amines) is 1. The van der Waals surface area contributed by atoms with Gasteiger partial charge in [-0.15, -0.1) is 11.3 Å². The van der Waals surface area contributed by atoms with Gasteiger partial charge in [0.15, 0.2) is 0 Å². The molecular weight excluding hydrogens is 232 g/mol. The molecule has 17 heavy (non-hydrogen) atoms. The minimum absolute atomic E-state index is 0.162. The molecule has 1 aliphatic heterocycles. The molecule has 2 aromatic rings. The lowest BCUT2D eigenvalue weighted by atomic mass is 10.2. The third kappa shape index (κ3) is 1.93. The Morgan fingerprint density at radius 3 is 2.88 bits per heavy atom. The number of carbonyl (C=O) groups is 1. The Bertz CT molecular complexity index is 570. The third-order valence-electron chi connectivity index (χ3n) is 3.14. The molecule has 1 fully saturated rings. The van der Waals surface area contributed by atoms with Crippen molar-refractivity contribution in [2.75, 3.05) is 13.1 Å². The highest BCUT2D eigenvalue weighted by molar-refractivity contribution is 7.18. The zero-order valence-electron chi connectivity index (χ0n) is 9.77. The van der Waals surface area contributed by atoms with Gasteiger partial charge in [-0.2, -0.15) is 0 Å². The van der Waals surface area contributed by atoms with Gasteiger partial charge in [0.25, 0.3) is 5.91 Å². The van der Waals surface area contributed by atoms with E-state index in [4.69, 9.17) is 0 Å². The lowest BCUT2D eigenvalue weighted by molar-refractivity contribution is 0.0793. The van der Waals surface area contributed by atoms with E-state index in [1.54, 1.807) is 11.3 Å². The number of amides is 1. The lowest BCUT2D eigenvalue weighted by Crippen LogP contribution is -2.27. The fraction of sp³-hybridized carbons (Fsp3) is 0.385. The van der Waals surface area contributed by atoms with Gasteiger partial charge >= 0.3 is 0 Å². The molecule has 0 radical (unpaired) electrons. The molecule has 0 unspecified atom stereocenters. The Labute approximate surface area is 104 Å². The molecule has 0 aliphatic carbocycles. The van der Waals surface area contributed by atoms with Crippen LogP contribution in [0.5, 0.6) is 0 Å². The predicted molar refractivity (Wildman–Crippen MR) is 69.5 cm³/mol. The van der Waals surface area contributed by atoms with Gasteiger partial charge < -0.3 is 4.90 Å². The average Bonchev–Trinajstić information content (AvgIpc) is 2.94. The molecule has 1 amide bonds. The van der Waals surface area contributed by atoms with Crippen LogP contribution in [0.3, 0.4) is 0 Å². The predicted octanol–water partition coefficient (Wildman–Crippen LogP) is 2.84. The first kappa shape index (κ1) is 10.7. The van der Waals surface area contributed by atoms with Gasteiger partial charge in [0.05, 0.1) is 15.2 Å². The van der Waals surface area contributed by atoms with Crippen molar-refractivity contribution >= 4 is 27.5 Å². The summed E-state index contributed by atoms with van der Waals surface area (Å²) in [6.07, 6.45) is 2.27. The van der Waals surface area contributed by atoms with Crippen molar-refractivity contribution in [1.82, 2.24) is 9.88 Å². The molecule has 1 saturated heterocycles. The second-order valence-electron chi connectivity index (χ2n) is 4.41. The third-order valence-corrected chi connectivity index (χ3v) is 4.07. The Hall–Kier alpha value is -1.42. The minimum atomic E-state index is 0.162. The number of thiazole rings is 1. The molecule has 1 aromatic carbocycles. The summed E-state index contributed by atoms with van der Waals surface area (Å²) in [6, 6.07) is 5.81. The molecule has 4 heteroatoms. The van der Waals surface area contributed by atoms with E-state index in [0.717, 1.165) is 46.7 Å². The van der Waals surface area contributed by atoms with E-state index >= 15 is 0 Å². The van der Waals surface area contributed by atoms with Crippen molar-refractivity contribution in [1.29, 1.82) is 0 Å². The van der Waals surface area contributed by atoms with Crippen molar-refractivity contribution in [3.8, 4) is 0 Å². The number of fused-ring (bicyclic) bond motifs is 1. The number of rotatable bonds is 1. The van der Waals surface area contributed by atoms with Crippen molar-refractivity contribution in [3.63, 3.8) is 0 Å². The van der Waals surface area contributed by atoms with Crippen LogP contribution in [-0.2, 0) is 0 Å². The molecule has 1 aliphatic rings. The quantitative estimate of drug-likeness (QED) is 0.775. The normalized spacial score (nSPS) is 15.7. The van der Waals surface area contributed by atoms with E-state index in [2.05, 4.69) is 4.98 Å². The highest BCUT2D eigenvalue weighted by Crippen LogP contribution is 2.23. The maximum Gasteiger partial charge on any atom is 0.253 e. The highest BCUT2D eigenvalue weighted by atomic mass is 32.1. The fourth-order valence-corrected chi connectivity index (χ4v) is 3.14. The highest BCUT2D eigenvalue weighted by Gasteiger charge is 2.19. The van der Waals surface area contributed by atoms with E-state index in [-0.39, 0.29) is 5.91 Å². The lowest BCUT2D eigenvalue weighted by Gasteiger charge is -2.14. The van der Waals surface area contributed by atoms with Crippen LogP contribution in [0.2, 0.25) is 0 Å². The number of aryl methyl sites for hydroxylation is 1. The Kier molecular flexibility index (Phi) is 2.59. The van der Waals surface area contributed by atoms with E-state index in [9.17, 15) is 4.79 Å². The van der Waals surface area contributed by atoms with E-state index in [0.29, 0.717) is 0 Å². The van der Waals surface area contributed by atoms with Crippen molar-refractivity contribution in [2.24, 2.45) is 0 Å². The number of hydrogen-bond donors (Lipinski definition) is 0. The van der Waals surface area contributed by atoms with E-state index in [1.807, 2.05) is 30.0 Å². The second kappa shape index (κ2) is 4.11. The maximum atomic E-state index is 12.2. The topological polar surface area (TPSA) is 33.2 Å². The monoisotopic (exact) mass is 246 g/mol. The van der Waals surface area contributed by atoms with Crippen molar-refractivity contribution in [2.45, 2.75) is 19.8 Å². The van der Waals surface area contributed by atoms with Crippen LogP contribution in [0, 0.1) is 6.92 Å². The molecule has 0 N–H and O–H groups in total. The smallest absolute Gasteiger partial charge is 0.253 e. The number of nitrogens with zero attached hydrogens (tertiary/aromatic N) is 2. The summed E-state index contributed by atoms with van der Waals surface area (Å²) < 4.78 is 1.10. The summed E-state index contributed by atoms with van der Waals surface area (Å²) in [7, 11) is 0. The van der Waals surface area contributed by atoms with Crippen molar-refractivity contribution in [3.05, 3.63) is 28.8 Å². The fourth-order valence-electron chi connectivity index (χ4n) is 2.28. The zero-order valence-corrected chi connectivity index (χ0v) is 10.6. The number of aromatic nitrogens is 1. The molecular formula is C13H14N2OS. The van der Waals surface area contributed by atoms with Gasteiger partial charge in [-0.05, 0) is 38.0 Å². The summed E-state index contributed by atoms with van der Waals surface area (Å²) in [6.45, 7) is 3.80. The molecule has 0 bridgehead atoms. The molecule has 88 valence electrons. The van der Waals surface area contributed by atoms with Crippen LogP contribution in [0.15, 0.2) is 18.2 Å². The van der Waals surface area contributed by atoms with Crippen LogP contribution in [-0.4, -0.2) is 28.9 Å². The van der Waals surface area contributed by atoms with Gasteiger partial charge in [0.2, 0.25) is 0 Å². The standard InChI is InChI=1S/C13H14N2OS/c1-9-14-11-5-4-10(8-12(11)17-9)13(16)15-6-2-3-7-15/h4-5,8H,2-3,6-7H2,1H3. The summed E-state index contributed by atoms with van der Waals surface area (Å²) in [5, 5.41) is 1.05. The van der Waals surface area contributed by atoms with Crippen LogP contribution in [0.25, 0.3) is 10.2 Å². The van der Waals surface area contributed by atoms with Gasteiger partial charge in [0.1, 0.15) is 0 Å². The molecule has 2 heterocycles. The largest absolute Gasteiger partial charge is 0.339 e. The van der Waals surface area contributed by atoms with Crippen molar-refractivity contribution < 1.29 is 4.79 Å². The van der Waals surface area contributed by atoms with Gasteiger partial charge in [0, 0.05) is 18.7 Å². The first-order valence-electron chi connectivity index (χ1n) is 5.90. The molecule has 1 aromatic heterocycles. The van der Waals surface area contributed by atoms with Gasteiger partial charge in [-0.3, -0.25) is 4.79 Å². The number of carbonyl (C=O) groups excluding carboxylic acids is 1. The second-order valence-corrected chi connectivity index (χ2v) is 5.65. The molecule has 0 atom stereocenters. The van der Waals surface area contributed by atoms with E-state index < -0.39 is 0 Å². The molecule has 0 spiro atoms. The van der Waals surface area contributed by atoms with Crippen LogP contribution >= 0.6 is 11.3 Å². The van der Waals surface area contributed by atoms with Crippen LogP contribution in [0.1, 0.15) is 28.2 Å². The summed E-state index contributed by atoms with van der Waals surface area (Å²) in [5.41, 5.74) is 1.79. The number of hydrogen-bond acceptors (Lipinski definition) is 3. The molecule has 3 nitrogen and oxygen atoms in total. The first-order chi connectivity index (χ1) is 8.24. The molecule has 3 rings (SSSR count). The Balaban J connectivity index is 1.96. The van der Waals surface area contributed by atoms with Gasteiger partial charge in [-0.1, -0.05) is 0 Å². The van der Waals surface area contributed by atoms with Crippen LogP contribution in [0.4, 0.5) is 0 Å².